The molecule has 3 nitrogen and oxygen atoms in total. The Bertz CT molecular complexity index is 321. The van der Waals surface area contributed by atoms with Gasteiger partial charge >= 0.3 is 0 Å². The maximum absolute atomic E-state index is 9.70. The lowest BCUT2D eigenvalue weighted by Crippen LogP contribution is -2.28. The van der Waals surface area contributed by atoms with Crippen molar-refractivity contribution in [3.63, 3.8) is 0 Å². The molecule has 0 aliphatic heterocycles. The summed E-state index contributed by atoms with van der Waals surface area (Å²) in [5.41, 5.74) is 1.33. The second-order valence-electron chi connectivity index (χ2n) is 4.67. The zero-order valence-corrected chi connectivity index (χ0v) is 10.0. The number of hydrogen-bond acceptors (Lipinski definition) is 2. The third-order valence-electron chi connectivity index (χ3n) is 3.60. The number of nitrogens with zero attached hydrogens (tertiary/aromatic N) is 1. The Kier molecular flexibility index (Phi) is 4.02. The van der Waals surface area contributed by atoms with Gasteiger partial charge in [-0.2, -0.15) is 0 Å². The molecule has 0 spiro atoms. The van der Waals surface area contributed by atoms with Gasteiger partial charge in [0.2, 0.25) is 0 Å². The summed E-state index contributed by atoms with van der Waals surface area (Å²) in [6.07, 6.45) is 5.37. The van der Waals surface area contributed by atoms with Crippen LogP contribution in [0.15, 0.2) is 18.3 Å². The second kappa shape index (κ2) is 5.51. The van der Waals surface area contributed by atoms with Gasteiger partial charge in [0.05, 0.1) is 6.10 Å². The summed E-state index contributed by atoms with van der Waals surface area (Å²) in [7, 11) is 0. The van der Waals surface area contributed by atoms with E-state index in [9.17, 15) is 5.11 Å². The van der Waals surface area contributed by atoms with E-state index >= 15 is 0 Å². The van der Waals surface area contributed by atoms with Crippen LogP contribution in [0.25, 0.3) is 0 Å². The molecule has 0 aromatic carbocycles. The highest BCUT2D eigenvalue weighted by atomic mass is 16.3. The average molecular weight is 222 g/mol. The molecule has 0 amide bonds. The molecule has 0 radical (unpaired) electrons. The molecule has 0 bridgehead atoms. The molecule has 2 N–H and O–H groups in total. The standard InChI is InChI=1S/C13H22N2O/c1-2-15-8-4-6-12(15)10-14-9-11-5-3-7-13(11)16/h4,6,8,11,13-14,16H,2-3,5,7,9-10H2,1H3. The zero-order valence-electron chi connectivity index (χ0n) is 10.0. The van der Waals surface area contributed by atoms with Crippen LogP contribution >= 0.6 is 0 Å². The van der Waals surface area contributed by atoms with Crippen LogP contribution in [0, 0.1) is 5.92 Å². The van der Waals surface area contributed by atoms with Crippen LogP contribution in [0.3, 0.4) is 0 Å². The van der Waals surface area contributed by atoms with Gasteiger partial charge in [0.1, 0.15) is 0 Å². The number of aromatic nitrogens is 1. The molecule has 16 heavy (non-hydrogen) atoms. The van der Waals surface area contributed by atoms with E-state index in [-0.39, 0.29) is 6.10 Å². The van der Waals surface area contributed by atoms with E-state index in [4.69, 9.17) is 0 Å². The molecule has 1 aromatic rings. The number of nitrogens with one attached hydrogen (secondary N) is 1. The van der Waals surface area contributed by atoms with Crippen molar-refractivity contribution in [3.8, 4) is 0 Å². The Morgan fingerprint density at radius 1 is 1.50 bits per heavy atom. The maximum Gasteiger partial charge on any atom is 0.0580 e. The van der Waals surface area contributed by atoms with E-state index in [0.717, 1.165) is 26.1 Å². The van der Waals surface area contributed by atoms with Gasteiger partial charge in [-0.3, -0.25) is 0 Å². The van der Waals surface area contributed by atoms with Gasteiger partial charge in [0.15, 0.2) is 0 Å². The van der Waals surface area contributed by atoms with Gasteiger partial charge in [-0.05, 0) is 37.8 Å². The van der Waals surface area contributed by atoms with Crippen molar-refractivity contribution in [2.75, 3.05) is 6.54 Å². The first kappa shape index (κ1) is 11.7. The fourth-order valence-corrected chi connectivity index (χ4v) is 2.56. The van der Waals surface area contributed by atoms with Crippen LogP contribution in [-0.4, -0.2) is 22.3 Å². The fourth-order valence-electron chi connectivity index (χ4n) is 2.56. The number of aliphatic hydroxyl groups is 1. The summed E-state index contributed by atoms with van der Waals surface area (Å²) in [5, 5.41) is 13.2. The van der Waals surface area contributed by atoms with Crippen molar-refractivity contribution < 1.29 is 5.11 Å². The van der Waals surface area contributed by atoms with Gasteiger partial charge in [0.25, 0.3) is 0 Å². The summed E-state index contributed by atoms with van der Waals surface area (Å²) in [6, 6.07) is 4.24. The molecule has 1 aliphatic rings. The van der Waals surface area contributed by atoms with Crippen molar-refractivity contribution in [1.82, 2.24) is 9.88 Å². The smallest absolute Gasteiger partial charge is 0.0580 e. The van der Waals surface area contributed by atoms with E-state index in [1.54, 1.807) is 0 Å². The summed E-state index contributed by atoms with van der Waals surface area (Å²) < 4.78 is 2.25. The Morgan fingerprint density at radius 2 is 2.38 bits per heavy atom. The molecule has 2 atom stereocenters. The largest absolute Gasteiger partial charge is 0.393 e. The van der Waals surface area contributed by atoms with Crippen LogP contribution in [0.1, 0.15) is 31.9 Å². The first-order valence-corrected chi connectivity index (χ1v) is 6.34. The number of aryl methyl sites for hydroxylation is 1. The predicted molar refractivity (Wildman–Crippen MR) is 65.2 cm³/mol. The van der Waals surface area contributed by atoms with E-state index in [0.29, 0.717) is 5.92 Å². The second-order valence-corrected chi connectivity index (χ2v) is 4.67. The Balaban J connectivity index is 1.75. The Hall–Kier alpha value is -0.800. The fraction of sp³-hybridized carbons (Fsp3) is 0.692. The molecular formula is C13H22N2O. The van der Waals surface area contributed by atoms with Crippen molar-refractivity contribution in [1.29, 1.82) is 0 Å². The molecule has 1 fully saturated rings. The normalized spacial score (nSPS) is 25.1. The molecule has 0 saturated heterocycles. The van der Waals surface area contributed by atoms with Crippen LogP contribution in [0.5, 0.6) is 0 Å². The van der Waals surface area contributed by atoms with Crippen LogP contribution in [-0.2, 0) is 13.1 Å². The summed E-state index contributed by atoms with van der Waals surface area (Å²) >= 11 is 0. The van der Waals surface area contributed by atoms with Gasteiger partial charge in [0, 0.05) is 31.5 Å². The number of aliphatic hydroxyl groups excluding tert-OH is 1. The van der Waals surface area contributed by atoms with Crippen molar-refractivity contribution in [2.24, 2.45) is 5.92 Å². The van der Waals surface area contributed by atoms with Gasteiger partial charge in [-0.25, -0.2) is 0 Å². The lowest BCUT2D eigenvalue weighted by atomic mass is 10.1. The molecular weight excluding hydrogens is 200 g/mol. The highest BCUT2D eigenvalue weighted by molar-refractivity contribution is 5.06. The van der Waals surface area contributed by atoms with E-state index in [1.807, 2.05) is 0 Å². The van der Waals surface area contributed by atoms with Crippen LogP contribution in [0.4, 0.5) is 0 Å². The highest BCUT2D eigenvalue weighted by Gasteiger charge is 2.24. The average Bonchev–Trinajstić information content (AvgIpc) is 2.88. The minimum absolute atomic E-state index is 0.0783. The Morgan fingerprint density at radius 3 is 3.06 bits per heavy atom. The first-order valence-electron chi connectivity index (χ1n) is 6.34. The minimum atomic E-state index is -0.0783. The molecule has 1 saturated carbocycles. The topological polar surface area (TPSA) is 37.2 Å². The summed E-state index contributed by atoms with van der Waals surface area (Å²) in [5.74, 6) is 0.463. The molecule has 1 aliphatic carbocycles. The zero-order chi connectivity index (χ0) is 11.4. The maximum atomic E-state index is 9.70. The van der Waals surface area contributed by atoms with Gasteiger partial charge in [-0.1, -0.05) is 6.42 Å². The lowest BCUT2D eigenvalue weighted by molar-refractivity contribution is 0.131. The minimum Gasteiger partial charge on any atom is -0.393 e. The molecule has 2 rings (SSSR count). The first-order chi connectivity index (χ1) is 7.81. The monoisotopic (exact) mass is 222 g/mol. The molecule has 90 valence electrons. The highest BCUT2D eigenvalue weighted by Crippen LogP contribution is 2.24. The van der Waals surface area contributed by atoms with Gasteiger partial charge < -0.3 is 15.0 Å². The third kappa shape index (κ3) is 2.66. The van der Waals surface area contributed by atoms with Gasteiger partial charge in [-0.15, -0.1) is 0 Å². The third-order valence-corrected chi connectivity index (χ3v) is 3.60. The number of rotatable bonds is 5. The molecule has 3 heteroatoms. The van der Waals surface area contributed by atoms with Crippen molar-refractivity contribution >= 4 is 0 Å². The summed E-state index contributed by atoms with van der Waals surface area (Å²) in [6.45, 7) is 5.03. The quantitative estimate of drug-likeness (QED) is 0.796. The SMILES string of the molecule is CCn1cccc1CNCC1CCCC1O. The lowest BCUT2D eigenvalue weighted by Gasteiger charge is -2.15. The summed E-state index contributed by atoms with van der Waals surface area (Å²) in [4.78, 5) is 0. The van der Waals surface area contributed by atoms with E-state index < -0.39 is 0 Å². The van der Waals surface area contributed by atoms with Crippen molar-refractivity contribution in [2.45, 2.75) is 45.4 Å². The Labute approximate surface area is 97.5 Å². The molecule has 1 aromatic heterocycles. The molecule has 1 heterocycles. The van der Waals surface area contributed by atoms with Crippen LogP contribution < -0.4 is 5.32 Å². The predicted octanol–water partition coefficient (Wildman–Crippen LogP) is 1.76. The molecule has 2 unspecified atom stereocenters. The van der Waals surface area contributed by atoms with E-state index in [2.05, 4.69) is 35.1 Å². The van der Waals surface area contributed by atoms with E-state index in [1.165, 1.54) is 18.5 Å². The van der Waals surface area contributed by atoms with Crippen LogP contribution in [0.2, 0.25) is 0 Å². The number of hydrogen-bond donors (Lipinski definition) is 2. The van der Waals surface area contributed by atoms with Crippen molar-refractivity contribution in [3.05, 3.63) is 24.0 Å².